The standard InChI is InChI=1S/C21H23NO5.2C2H6/c1-12-9-14(10-13(2)21(12)26-8-7-22)20(25)19-15-5-3-4-6-16(15)27-17(19)11-18(23)24;2*1-2/h3-6,9-10,18,23-24H,7-8,11,22H2,1-2H3;2*1-2H3. The van der Waals surface area contributed by atoms with Gasteiger partial charge in [-0.3, -0.25) is 4.79 Å². The quantitative estimate of drug-likeness (QED) is 0.376. The Labute approximate surface area is 184 Å². The Hall–Kier alpha value is -2.67. The largest absolute Gasteiger partial charge is 0.492 e. The number of benzene rings is 2. The summed E-state index contributed by atoms with van der Waals surface area (Å²) in [5, 5.41) is 19.4. The molecule has 1 aromatic heterocycles. The van der Waals surface area contributed by atoms with Crippen LogP contribution in [0, 0.1) is 13.8 Å². The predicted molar refractivity (Wildman–Crippen MR) is 125 cm³/mol. The third kappa shape index (κ3) is 6.40. The number of para-hydroxylation sites is 1. The molecule has 0 unspecified atom stereocenters. The average Bonchev–Trinajstić information content (AvgIpc) is 3.12. The molecule has 6 nitrogen and oxygen atoms in total. The van der Waals surface area contributed by atoms with Crippen molar-refractivity contribution >= 4 is 16.8 Å². The summed E-state index contributed by atoms with van der Waals surface area (Å²) in [5.74, 6) is 0.752. The minimum atomic E-state index is -1.60. The van der Waals surface area contributed by atoms with Crippen LogP contribution in [-0.4, -0.2) is 35.4 Å². The third-order valence-corrected chi connectivity index (χ3v) is 4.35. The first-order valence-corrected chi connectivity index (χ1v) is 10.8. The van der Waals surface area contributed by atoms with Crippen molar-refractivity contribution in [2.24, 2.45) is 5.73 Å². The molecule has 3 aromatic rings. The summed E-state index contributed by atoms with van der Waals surface area (Å²) < 4.78 is 11.4. The molecule has 4 N–H and O–H groups in total. The molecule has 0 aliphatic carbocycles. The second-order valence-corrected chi connectivity index (χ2v) is 6.49. The van der Waals surface area contributed by atoms with Gasteiger partial charge in [-0.15, -0.1) is 0 Å². The molecule has 0 bridgehead atoms. The number of furan rings is 1. The van der Waals surface area contributed by atoms with Crippen molar-refractivity contribution < 1.29 is 24.2 Å². The van der Waals surface area contributed by atoms with E-state index in [1.807, 2.05) is 47.6 Å². The highest BCUT2D eigenvalue weighted by Gasteiger charge is 2.24. The van der Waals surface area contributed by atoms with Crippen molar-refractivity contribution in [1.29, 1.82) is 0 Å². The van der Waals surface area contributed by atoms with Crippen LogP contribution in [0.1, 0.15) is 60.5 Å². The minimum absolute atomic E-state index is 0.161. The smallest absolute Gasteiger partial charge is 0.197 e. The zero-order valence-electron chi connectivity index (χ0n) is 19.4. The summed E-state index contributed by atoms with van der Waals surface area (Å²) in [7, 11) is 0. The number of ether oxygens (including phenoxy) is 1. The molecular formula is C25H35NO5. The molecule has 0 fully saturated rings. The zero-order valence-corrected chi connectivity index (χ0v) is 19.4. The fourth-order valence-corrected chi connectivity index (χ4v) is 3.27. The van der Waals surface area contributed by atoms with Gasteiger partial charge in [0.25, 0.3) is 0 Å². The monoisotopic (exact) mass is 429 g/mol. The summed E-state index contributed by atoms with van der Waals surface area (Å²) in [5.41, 5.74) is 8.55. The highest BCUT2D eigenvalue weighted by atomic mass is 16.5. The molecule has 0 atom stereocenters. The maximum Gasteiger partial charge on any atom is 0.197 e. The van der Waals surface area contributed by atoms with Gasteiger partial charge in [-0.25, -0.2) is 0 Å². The van der Waals surface area contributed by atoms with Crippen LogP contribution in [0.2, 0.25) is 0 Å². The molecule has 0 amide bonds. The lowest BCUT2D eigenvalue weighted by atomic mass is 9.96. The molecule has 0 saturated carbocycles. The second kappa shape index (κ2) is 12.9. The number of aryl methyl sites for hydroxylation is 2. The first-order valence-electron chi connectivity index (χ1n) is 10.8. The summed E-state index contributed by atoms with van der Waals surface area (Å²) in [6, 6.07) is 10.7. The van der Waals surface area contributed by atoms with Crippen LogP contribution < -0.4 is 10.5 Å². The van der Waals surface area contributed by atoms with Gasteiger partial charge in [0.2, 0.25) is 0 Å². The highest BCUT2D eigenvalue weighted by molar-refractivity contribution is 6.17. The molecule has 0 radical (unpaired) electrons. The van der Waals surface area contributed by atoms with Gasteiger partial charge >= 0.3 is 0 Å². The van der Waals surface area contributed by atoms with E-state index in [9.17, 15) is 15.0 Å². The lowest BCUT2D eigenvalue weighted by molar-refractivity contribution is -0.0411. The Balaban J connectivity index is 0.00000113. The van der Waals surface area contributed by atoms with Crippen molar-refractivity contribution in [3.8, 4) is 5.75 Å². The number of nitrogens with two attached hydrogens (primary N) is 1. The molecule has 0 spiro atoms. The Morgan fingerprint density at radius 1 is 1.06 bits per heavy atom. The molecule has 3 rings (SSSR count). The van der Waals surface area contributed by atoms with E-state index in [1.165, 1.54) is 0 Å². The van der Waals surface area contributed by atoms with Crippen LogP contribution in [0.25, 0.3) is 11.0 Å². The summed E-state index contributed by atoms with van der Waals surface area (Å²) >= 11 is 0. The average molecular weight is 430 g/mol. The Morgan fingerprint density at radius 3 is 2.19 bits per heavy atom. The molecule has 31 heavy (non-hydrogen) atoms. The minimum Gasteiger partial charge on any atom is -0.492 e. The molecule has 6 heteroatoms. The fourth-order valence-electron chi connectivity index (χ4n) is 3.27. The van der Waals surface area contributed by atoms with Crippen molar-refractivity contribution in [1.82, 2.24) is 0 Å². The normalized spacial score (nSPS) is 10.3. The number of hydrogen-bond donors (Lipinski definition) is 3. The summed E-state index contributed by atoms with van der Waals surface area (Å²) in [6.45, 7) is 12.6. The number of carbonyl (C=O) groups is 1. The molecule has 0 aliphatic rings. The third-order valence-electron chi connectivity index (χ3n) is 4.35. The van der Waals surface area contributed by atoms with Crippen molar-refractivity contribution in [2.75, 3.05) is 13.2 Å². The van der Waals surface area contributed by atoms with E-state index in [2.05, 4.69) is 0 Å². The van der Waals surface area contributed by atoms with Crippen molar-refractivity contribution in [2.45, 2.75) is 54.3 Å². The second-order valence-electron chi connectivity index (χ2n) is 6.49. The van der Waals surface area contributed by atoms with E-state index < -0.39 is 6.29 Å². The zero-order chi connectivity index (χ0) is 23.6. The van der Waals surface area contributed by atoms with E-state index >= 15 is 0 Å². The van der Waals surface area contributed by atoms with Gasteiger partial charge in [-0.2, -0.15) is 0 Å². The first kappa shape index (κ1) is 26.4. The van der Waals surface area contributed by atoms with Gasteiger partial charge in [0, 0.05) is 17.5 Å². The maximum atomic E-state index is 13.3. The molecule has 1 heterocycles. The molecule has 0 aliphatic heterocycles. The lowest BCUT2D eigenvalue weighted by Gasteiger charge is -2.13. The van der Waals surface area contributed by atoms with E-state index in [-0.39, 0.29) is 18.0 Å². The highest BCUT2D eigenvalue weighted by Crippen LogP contribution is 2.31. The van der Waals surface area contributed by atoms with Gasteiger partial charge < -0.3 is 25.1 Å². The van der Waals surface area contributed by atoms with E-state index in [0.717, 1.165) is 16.9 Å². The topological polar surface area (TPSA) is 106 Å². The van der Waals surface area contributed by atoms with Gasteiger partial charge in [-0.05, 0) is 43.2 Å². The van der Waals surface area contributed by atoms with Crippen LogP contribution in [0.4, 0.5) is 0 Å². The van der Waals surface area contributed by atoms with Crippen molar-refractivity contribution in [3.05, 3.63) is 64.4 Å². The Morgan fingerprint density at radius 2 is 1.65 bits per heavy atom. The van der Waals surface area contributed by atoms with Crippen LogP contribution >= 0.6 is 0 Å². The molecular weight excluding hydrogens is 394 g/mol. The van der Waals surface area contributed by atoms with E-state index in [4.69, 9.17) is 14.9 Å². The van der Waals surface area contributed by atoms with Crippen LogP contribution in [0.5, 0.6) is 5.75 Å². The maximum absolute atomic E-state index is 13.3. The number of aliphatic hydroxyl groups is 2. The number of fused-ring (bicyclic) bond motifs is 1. The number of carbonyl (C=O) groups excluding carboxylic acids is 1. The van der Waals surface area contributed by atoms with E-state index in [1.54, 1.807) is 30.3 Å². The Bertz CT molecular complexity index is 952. The van der Waals surface area contributed by atoms with Gasteiger partial charge in [0.1, 0.15) is 23.7 Å². The number of rotatable bonds is 7. The van der Waals surface area contributed by atoms with Crippen molar-refractivity contribution in [3.63, 3.8) is 0 Å². The number of hydrogen-bond acceptors (Lipinski definition) is 6. The van der Waals surface area contributed by atoms with Crippen LogP contribution in [0.15, 0.2) is 40.8 Å². The van der Waals surface area contributed by atoms with Gasteiger partial charge in [0.05, 0.1) is 12.0 Å². The van der Waals surface area contributed by atoms with Gasteiger partial charge in [-0.1, -0.05) is 45.9 Å². The van der Waals surface area contributed by atoms with E-state index in [0.29, 0.717) is 35.2 Å². The molecule has 170 valence electrons. The summed E-state index contributed by atoms with van der Waals surface area (Å²) in [6.07, 6.45) is -1.77. The fraction of sp³-hybridized carbons (Fsp3) is 0.400. The lowest BCUT2D eigenvalue weighted by Crippen LogP contribution is -2.13. The molecule has 0 saturated heterocycles. The number of aliphatic hydroxyl groups excluding tert-OH is 1. The first-order chi connectivity index (χ1) is 14.9. The Kier molecular flexibility index (Phi) is 11.0. The number of ketones is 1. The summed E-state index contributed by atoms with van der Waals surface area (Å²) in [4.78, 5) is 13.3. The predicted octanol–water partition coefficient (Wildman–Crippen LogP) is 4.52. The molecule has 2 aromatic carbocycles. The SMILES string of the molecule is CC.CC.Cc1cc(C(=O)c2c(CC(O)O)oc3ccccc23)cc(C)c1OCCN. The van der Waals surface area contributed by atoms with Crippen LogP contribution in [-0.2, 0) is 6.42 Å². The van der Waals surface area contributed by atoms with Gasteiger partial charge in [0.15, 0.2) is 12.1 Å². The van der Waals surface area contributed by atoms with Crippen LogP contribution in [0.3, 0.4) is 0 Å².